The lowest BCUT2D eigenvalue weighted by atomic mass is 9.91. The van der Waals surface area contributed by atoms with E-state index >= 15 is 0 Å². The molecule has 0 aromatic heterocycles. The van der Waals surface area contributed by atoms with E-state index in [-0.39, 0.29) is 11.5 Å². The lowest BCUT2D eigenvalue weighted by Gasteiger charge is -2.16. The van der Waals surface area contributed by atoms with E-state index in [2.05, 4.69) is 27.0 Å². The summed E-state index contributed by atoms with van der Waals surface area (Å²) in [5.41, 5.74) is 0.0843. The highest BCUT2D eigenvalue weighted by molar-refractivity contribution is 5.32. The van der Waals surface area contributed by atoms with Gasteiger partial charge in [0.25, 0.3) is 0 Å². The Morgan fingerprint density at radius 3 is 2.06 bits per heavy atom. The number of aliphatic hydroxyl groups is 1. The maximum Gasteiger partial charge on any atom is 0.199 e. The van der Waals surface area contributed by atoms with Crippen LogP contribution in [0.1, 0.15) is 40.0 Å². The molecule has 0 aromatic carbocycles. The third-order valence-corrected chi connectivity index (χ3v) is 3.11. The Labute approximate surface area is 103 Å². The smallest absolute Gasteiger partial charge is 0.199 e. The summed E-state index contributed by atoms with van der Waals surface area (Å²) in [6.45, 7) is 12.5. The zero-order chi connectivity index (χ0) is 13.6. The van der Waals surface area contributed by atoms with Crippen LogP contribution in [0.4, 0.5) is 8.78 Å². The van der Waals surface area contributed by atoms with Crippen LogP contribution >= 0.6 is 0 Å². The predicted molar refractivity (Wildman–Crippen MR) is 68.0 cm³/mol. The summed E-state index contributed by atoms with van der Waals surface area (Å²) >= 11 is 0. The van der Waals surface area contributed by atoms with E-state index < -0.39 is 17.4 Å². The van der Waals surface area contributed by atoms with Crippen molar-refractivity contribution in [2.45, 2.75) is 40.0 Å². The average Bonchev–Trinajstić information content (AvgIpc) is 2.32. The molecular weight excluding hydrogens is 222 g/mol. The van der Waals surface area contributed by atoms with E-state index in [1.54, 1.807) is 6.92 Å². The van der Waals surface area contributed by atoms with Crippen LogP contribution in [0, 0.1) is 11.8 Å². The van der Waals surface area contributed by atoms with Crippen molar-refractivity contribution in [1.82, 2.24) is 0 Å². The first kappa shape index (κ1) is 15.9. The van der Waals surface area contributed by atoms with Gasteiger partial charge in [-0.1, -0.05) is 46.8 Å². The Hall–Kier alpha value is -1.12. The first-order valence-corrected chi connectivity index (χ1v) is 5.93. The molecule has 0 rings (SSSR count). The Balaban J connectivity index is 4.51. The number of hydrogen-bond acceptors (Lipinski definition) is 1. The van der Waals surface area contributed by atoms with Gasteiger partial charge in [0.05, 0.1) is 0 Å². The summed E-state index contributed by atoms with van der Waals surface area (Å²) in [5.74, 6) is -2.87. The fourth-order valence-electron chi connectivity index (χ4n) is 1.40. The number of allylic oxidation sites excluding steroid dienone is 3. The molecule has 0 fully saturated rings. The van der Waals surface area contributed by atoms with Crippen LogP contribution in [-0.2, 0) is 0 Å². The van der Waals surface area contributed by atoms with Gasteiger partial charge in [-0.05, 0) is 23.8 Å². The molecule has 3 heteroatoms. The summed E-state index contributed by atoms with van der Waals surface area (Å²) in [6, 6.07) is 0. The average molecular weight is 244 g/mol. The summed E-state index contributed by atoms with van der Waals surface area (Å²) < 4.78 is 26.6. The van der Waals surface area contributed by atoms with Gasteiger partial charge in [0.15, 0.2) is 11.7 Å². The zero-order valence-electron chi connectivity index (χ0n) is 10.9. The van der Waals surface area contributed by atoms with Crippen molar-refractivity contribution in [2.24, 2.45) is 11.8 Å². The van der Waals surface area contributed by atoms with Crippen LogP contribution < -0.4 is 0 Å². The van der Waals surface area contributed by atoms with Crippen LogP contribution in [0.5, 0.6) is 0 Å². The molecule has 0 aromatic rings. The van der Waals surface area contributed by atoms with E-state index in [0.29, 0.717) is 5.92 Å². The van der Waals surface area contributed by atoms with Gasteiger partial charge in [0, 0.05) is 0 Å². The minimum absolute atomic E-state index is 0.0843. The highest BCUT2D eigenvalue weighted by Gasteiger charge is 2.18. The molecule has 2 unspecified atom stereocenters. The fourth-order valence-corrected chi connectivity index (χ4v) is 1.40. The number of rotatable bonds is 7. The number of hydrogen-bond donors (Lipinski definition) is 1. The minimum Gasteiger partial charge on any atom is -0.505 e. The standard InChI is InChI=1S/C14H22F2O/c1-6-9(2)7-8-10(3)11(4)13(15)14(16)12(5)17/h9-10,17H,4-8H2,1-3H3/b14-13-. The molecule has 0 spiro atoms. The molecule has 0 heterocycles. The van der Waals surface area contributed by atoms with Crippen LogP contribution in [0.25, 0.3) is 0 Å². The maximum atomic E-state index is 13.5. The summed E-state index contributed by atoms with van der Waals surface area (Å²) in [7, 11) is 0. The second-order valence-corrected chi connectivity index (χ2v) is 4.59. The topological polar surface area (TPSA) is 20.2 Å². The molecular formula is C14H22F2O. The Morgan fingerprint density at radius 2 is 1.65 bits per heavy atom. The van der Waals surface area contributed by atoms with E-state index in [9.17, 15) is 8.78 Å². The van der Waals surface area contributed by atoms with Crippen LogP contribution in [0.15, 0.2) is 36.1 Å². The van der Waals surface area contributed by atoms with Crippen molar-refractivity contribution in [3.05, 3.63) is 36.1 Å². The van der Waals surface area contributed by atoms with Gasteiger partial charge >= 0.3 is 0 Å². The van der Waals surface area contributed by atoms with E-state index in [0.717, 1.165) is 19.3 Å². The van der Waals surface area contributed by atoms with E-state index in [4.69, 9.17) is 5.11 Å². The fraction of sp³-hybridized carbons (Fsp3) is 0.571. The van der Waals surface area contributed by atoms with Gasteiger partial charge in [-0.3, -0.25) is 0 Å². The van der Waals surface area contributed by atoms with E-state index in [1.165, 1.54) is 0 Å². The molecule has 0 bridgehead atoms. The van der Waals surface area contributed by atoms with Crippen molar-refractivity contribution < 1.29 is 13.9 Å². The highest BCUT2D eigenvalue weighted by Crippen LogP contribution is 2.29. The Kier molecular flexibility index (Phi) is 6.78. The van der Waals surface area contributed by atoms with Crippen molar-refractivity contribution in [3.8, 4) is 0 Å². The summed E-state index contributed by atoms with van der Waals surface area (Å²) in [5, 5.41) is 8.77. The quantitative estimate of drug-likeness (QED) is 0.480. The molecule has 98 valence electrons. The SMILES string of the molecule is C=C(O)/C(F)=C(/F)C(=C)C(C)CCC(C)CC. The molecule has 0 saturated heterocycles. The molecule has 0 saturated carbocycles. The van der Waals surface area contributed by atoms with Gasteiger partial charge in [0.1, 0.15) is 5.76 Å². The van der Waals surface area contributed by atoms with Crippen molar-refractivity contribution in [1.29, 1.82) is 0 Å². The van der Waals surface area contributed by atoms with Gasteiger partial charge in [-0.15, -0.1) is 0 Å². The third kappa shape index (κ3) is 5.16. The van der Waals surface area contributed by atoms with Crippen LogP contribution in [0.3, 0.4) is 0 Å². The summed E-state index contributed by atoms with van der Waals surface area (Å²) in [4.78, 5) is 0. The van der Waals surface area contributed by atoms with Gasteiger partial charge in [-0.2, -0.15) is 4.39 Å². The molecule has 0 aliphatic rings. The van der Waals surface area contributed by atoms with Crippen LogP contribution in [0.2, 0.25) is 0 Å². The second-order valence-electron chi connectivity index (χ2n) is 4.59. The van der Waals surface area contributed by atoms with Crippen molar-refractivity contribution in [3.63, 3.8) is 0 Å². The molecule has 17 heavy (non-hydrogen) atoms. The van der Waals surface area contributed by atoms with Gasteiger partial charge < -0.3 is 5.11 Å². The predicted octanol–water partition coefficient (Wildman–Crippen LogP) is 5.23. The van der Waals surface area contributed by atoms with Crippen molar-refractivity contribution >= 4 is 0 Å². The molecule has 0 aliphatic heterocycles. The number of aliphatic hydroxyl groups excluding tert-OH is 1. The van der Waals surface area contributed by atoms with Gasteiger partial charge in [-0.25, -0.2) is 4.39 Å². The lowest BCUT2D eigenvalue weighted by Crippen LogP contribution is -2.04. The lowest BCUT2D eigenvalue weighted by molar-refractivity contribution is 0.377. The second kappa shape index (κ2) is 7.25. The Morgan fingerprint density at radius 1 is 1.12 bits per heavy atom. The third-order valence-electron chi connectivity index (χ3n) is 3.11. The molecule has 1 N–H and O–H groups in total. The maximum absolute atomic E-state index is 13.5. The summed E-state index contributed by atoms with van der Waals surface area (Å²) in [6.07, 6.45) is 2.78. The zero-order valence-corrected chi connectivity index (χ0v) is 10.9. The van der Waals surface area contributed by atoms with Crippen LogP contribution in [-0.4, -0.2) is 5.11 Å². The largest absolute Gasteiger partial charge is 0.505 e. The Bertz CT molecular complexity index is 318. The first-order chi connectivity index (χ1) is 7.81. The normalized spacial score (nSPS) is 16.1. The molecule has 1 nitrogen and oxygen atoms in total. The molecule has 2 atom stereocenters. The molecule has 0 radical (unpaired) electrons. The first-order valence-electron chi connectivity index (χ1n) is 5.93. The van der Waals surface area contributed by atoms with E-state index in [1.807, 2.05) is 0 Å². The molecule has 0 aliphatic carbocycles. The minimum atomic E-state index is -1.31. The molecule has 0 amide bonds. The van der Waals surface area contributed by atoms with Gasteiger partial charge in [0.2, 0.25) is 0 Å². The number of halogens is 2. The highest BCUT2D eigenvalue weighted by atomic mass is 19.2. The van der Waals surface area contributed by atoms with Crippen molar-refractivity contribution in [2.75, 3.05) is 0 Å². The monoisotopic (exact) mass is 244 g/mol.